The minimum atomic E-state index is -3.37. The molecular formula is C25H34N2O3S. The third-order valence-electron chi connectivity index (χ3n) is 6.12. The number of nitrogens with one attached hydrogen (secondary N) is 1. The van der Waals surface area contributed by atoms with Gasteiger partial charge < -0.3 is 5.32 Å². The second-order valence-corrected chi connectivity index (χ2v) is 10.7. The van der Waals surface area contributed by atoms with Crippen molar-refractivity contribution in [2.45, 2.75) is 51.8 Å². The highest BCUT2D eigenvalue weighted by molar-refractivity contribution is 7.88. The number of carbonyl (C=O) groups is 1. The van der Waals surface area contributed by atoms with Gasteiger partial charge in [0.1, 0.15) is 0 Å². The summed E-state index contributed by atoms with van der Waals surface area (Å²) in [5, 5.41) is 3.23. The van der Waals surface area contributed by atoms with E-state index in [-0.39, 0.29) is 29.5 Å². The molecular weight excluding hydrogens is 408 g/mol. The lowest BCUT2D eigenvalue weighted by Gasteiger charge is -2.32. The van der Waals surface area contributed by atoms with Crippen molar-refractivity contribution in [3.05, 3.63) is 71.3 Å². The van der Waals surface area contributed by atoms with Gasteiger partial charge in [0.15, 0.2) is 0 Å². The van der Waals surface area contributed by atoms with E-state index in [2.05, 4.69) is 50.4 Å². The average molecular weight is 443 g/mol. The smallest absolute Gasteiger partial charge is 0.223 e. The zero-order valence-electron chi connectivity index (χ0n) is 18.8. The van der Waals surface area contributed by atoms with E-state index in [0.717, 1.165) is 17.5 Å². The van der Waals surface area contributed by atoms with E-state index in [1.165, 1.54) is 9.87 Å². The largest absolute Gasteiger partial charge is 0.349 e. The van der Waals surface area contributed by atoms with Crippen LogP contribution in [-0.2, 0) is 27.0 Å². The van der Waals surface area contributed by atoms with Gasteiger partial charge in [-0.1, -0.05) is 75.4 Å². The molecule has 0 saturated carbocycles. The lowest BCUT2D eigenvalue weighted by Crippen LogP contribution is -2.44. The van der Waals surface area contributed by atoms with Gasteiger partial charge in [0.25, 0.3) is 0 Å². The molecule has 0 radical (unpaired) electrons. The Morgan fingerprint density at radius 3 is 2.16 bits per heavy atom. The number of aryl methyl sites for hydroxylation is 1. The zero-order valence-corrected chi connectivity index (χ0v) is 19.6. The van der Waals surface area contributed by atoms with E-state index >= 15 is 0 Å². The van der Waals surface area contributed by atoms with Crippen molar-refractivity contribution in [3.8, 4) is 0 Å². The Morgan fingerprint density at radius 2 is 1.61 bits per heavy atom. The molecule has 1 saturated heterocycles. The van der Waals surface area contributed by atoms with Crippen LogP contribution in [0, 0.1) is 11.8 Å². The number of piperidine rings is 1. The molecule has 2 aromatic rings. The molecule has 0 aliphatic carbocycles. The molecule has 0 spiro atoms. The van der Waals surface area contributed by atoms with Gasteiger partial charge in [0.05, 0.1) is 11.8 Å². The SMILES string of the molecule is CCc1ccc(C(NC(=O)C2CCN(S(=O)(=O)Cc3ccccc3)CC2)C(C)C)cc1. The van der Waals surface area contributed by atoms with Crippen LogP contribution >= 0.6 is 0 Å². The first-order chi connectivity index (χ1) is 14.8. The molecule has 168 valence electrons. The molecule has 1 aliphatic heterocycles. The van der Waals surface area contributed by atoms with Crippen LogP contribution in [0.2, 0.25) is 0 Å². The number of nitrogens with zero attached hydrogens (tertiary/aromatic N) is 1. The van der Waals surface area contributed by atoms with Crippen molar-refractivity contribution >= 4 is 15.9 Å². The second kappa shape index (κ2) is 10.4. The maximum atomic E-state index is 13.0. The zero-order chi connectivity index (χ0) is 22.4. The van der Waals surface area contributed by atoms with E-state index in [9.17, 15) is 13.2 Å². The molecule has 3 rings (SSSR count). The number of amides is 1. The summed E-state index contributed by atoms with van der Waals surface area (Å²) in [4.78, 5) is 13.0. The Kier molecular flexibility index (Phi) is 7.89. The van der Waals surface area contributed by atoms with E-state index in [1.54, 1.807) is 0 Å². The monoisotopic (exact) mass is 442 g/mol. The predicted molar refractivity (Wildman–Crippen MR) is 125 cm³/mol. The average Bonchev–Trinajstić information content (AvgIpc) is 2.77. The molecule has 1 fully saturated rings. The summed E-state index contributed by atoms with van der Waals surface area (Å²) in [6.07, 6.45) is 2.10. The number of rotatable bonds is 8. The Labute approximate surface area is 186 Å². The van der Waals surface area contributed by atoms with Gasteiger partial charge in [-0.05, 0) is 41.9 Å². The third-order valence-corrected chi connectivity index (χ3v) is 7.97. The van der Waals surface area contributed by atoms with Crippen LogP contribution in [0.1, 0.15) is 56.3 Å². The standard InChI is InChI=1S/C25H34N2O3S/c1-4-20-10-12-22(13-11-20)24(19(2)3)26-25(28)23-14-16-27(17-15-23)31(29,30)18-21-8-6-5-7-9-21/h5-13,19,23-24H,4,14-18H2,1-3H3,(H,26,28). The topological polar surface area (TPSA) is 66.5 Å². The van der Waals surface area contributed by atoms with Crippen LogP contribution in [0.4, 0.5) is 0 Å². The van der Waals surface area contributed by atoms with Crippen molar-refractivity contribution in [1.82, 2.24) is 9.62 Å². The molecule has 2 aromatic carbocycles. The lowest BCUT2D eigenvalue weighted by atomic mass is 9.92. The molecule has 1 heterocycles. The molecule has 5 nitrogen and oxygen atoms in total. The Balaban J connectivity index is 1.58. The molecule has 0 aromatic heterocycles. The first kappa shape index (κ1) is 23.5. The third kappa shape index (κ3) is 6.17. The number of hydrogen-bond donors (Lipinski definition) is 1. The summed E-state index contributed by atoms with van der Waals surface area (Å²) in [6.45, 7) is 7.13. The normalized spacial score (nSPS) is 16.9. The number of sulfonamides is 1. The summed E-state index contributed by atoms with van der Waals surface area (Å²) in [6, 6.07) is 17.6. The van der Waals surface area contributed by atoms with Crippen LogP contribution in [0.25, 0.3) is 0 Å². The van der Waals surface area contributed by atoms with Crippen LogP contribution in [0.15, 0.2) is 54.6 Å². The fourth-order valence-corrected chi connectivity index (χ4v) is 5.70. The minimum Gasteiger partial charge on any atom is -0.349 e. The molecule has 0 bridgehead atoms. The van der Waals surface area contributed by atoms with Crippen LogP contribution in [0.3, 0.4) is 0 Å². The van der Waals surface area contributed by atoms with E-state index < -0.39 is 10.0 Å². The molecule has 1 aliphatic rings. The molecule has 6 heteroatoms. The van der Waals surface area contributed by atoms with Crippen molar-refractivity contribution in [1.29, 1.82) is 0 Å². The quantitative estimate of drug-likeness (QED) is 0.663. The molecule has 1 amide bonds. The number of hydrogen-bond acceptors (Lipinski definition) is 3. The fraction of sp³-hybridized carbons (Fsp3) is 0.480. The maximum absolute atomic E-state index is 13.0. The number of benzene rings is 2. The van der Waals surface area contributed by atoms with E-state index in [0.29, 0.717) is 25.9 Å². The van der Waals surface area contributed by atoms with Gasteiger partial charge >= 0.3 is 0 Å². The van der Waals surface area contributed by atoms with Gasteiger partial charge in [-0.3, -0.25) is 4.79 Å². The number of carbonyl (C=O) groups excluding carboxylic acids is 1. The fourth-order valence-electron chi connectivity index (χ4n) is 4.14. The summed E-state index contributed by atoms with van der Waals surface area (Å²) >= 11 is 0. The van der Waals surface area contributed by atoms with Crippen LogP contribution in [0.5, 0.6) is 0 Å². The molecule has 31 heavy (non-hydrogen) atoms. The Bertz CT molecular complexity index is 948. The summed E-state index contributed by atoms with van der Waals surface area (Å²) in [7, 11) is -3.37. The maximum Gasteiger partial charge on any atom is 0.223 e. The first-order valence-electron chi connectivity index (χ1n) is 11.2. The lowest BCUT2D eigenvalue weighted by molar-refractivity contribution is -0.127. The van der Waals surface area contributed by atoms with E-state index in [4.69, 9.17) is 0 Å². The molecule has 1 unspecified atom stereocenters. The predicted octanol–water partition coefficient (Wildman–Crippen LogP) is 4.30. The highest BCUT2D eigenvalue weighted by Crippen LogP contribution is 2.26. The van der Waals surface area contributed by atoms with Gasteiger partial charge in [0, 0.05) is 19.0 Å². The summed E-state index contributed by atoms with van der Waals surface area (Å²) in [5.41, 5.74) is 3.18. The van der Waals surface area contributed by atoms with Crippen molar-refractivity contribution in [2.24, 2.45) is 11.8 Å². The van der Waals surface area contributed by atoms with Crippen molar-refractivity contribution < 1.29 is 13.2 Å². The molecule has 1 N–H and O–H groups in total. The Hall–Kier alpha value is -2.18. The van der Waals surface area contributed by atoms with Gasteiger partial charge in [-0.2, -0.15) is 0 Å². The summed E-state index contributed by atoms with van der Waals surface area (Å²) in [5.74, 6) is 0.147. The van der Waals surface area contributed by atoms with E-state index in [1.807, 2.05) is 30.3 Å². The van der Waals surface area contributed by atoms with Crippen LogP contribution < -0.4 is 5.32 Å². The van der Waals surface area contributed by atoms with Crippen LogP contribution in [-0.4, -0.2) is 31.7 Å². The van der Waals surface area contributed by atoms with Crippen molar-refractivity contribution in [2.75, 3.05) is 13.1 Å². The van der Waals surface area contributed by atoms with Gasteiger partial charge in [0.2, 0.25) is 15.9 Å². The highest BCUT2D eigenvalue weighted by Gasteiger charge is 2.32. The van der Waals surface area contributed by atoms with Gasteiger partial charge in [-0.15, -0.1) is 0 Å². The second-order valence-electron chi connectivity index (χ2n) is 8.74. The Morgan fingerprint density at radius 1 is 1.00 bits per heavy atom. The molecule has 1 atom stereocenters. The highest BCUT2D eigenvalue weighted by atomic mass is 32.2. The van der Waals surface area contributed by atoms with Crippen molar-refractivity contribution in [3.63, 3.8) is 0 Å². The minimum absolute atomic E-state index is 0.00782. The first-order valence-corrected chi connectivity index (χ1v) is 12.8. The van der Waals surface area contributed by atoms with Gasteiger partial charge in [-0.25, -0.2) is 12.7 Å². The summed E-state index contributed by atoms with van der Waals surface area (Å²) < 4.78 is 27.1.